The zero-order chi connectivity index (χ0) is 20.4. The zero-order valence-electron chi connectivity index (χ0n) is 18.4. The molecule has 7 heteroatoms. The number of guanidine groups is 1. The number of carbonyl (C=O) groups is 1. The van der Waals surface area contributed by atoms with E-state index in [0.29, 0.717) is 12.6 Å². The lowest BCUT2D eigenvalue weighted by molar-refractivity contribution is 0.0491. The summed E-state index contributed by atoms with van der Waals surface area (Å²) in [6, 6.07) is 0.408. The van der Waals surface area contributed by atoms with Crippen molar-refractivity contribution in [1.29, 1.82) is 0 Å². The Hall–Kier alpha value is -1.50. The standard InChI is InChI=1S/C20H41N5O2/c1-8-11-25-12-9-16(10-13-25)23-18(21-7)22-14-17(15(2)3)24-19(26)27-20(4,5)6/h15-17H,8-14H2,1-7H3,(H,24,26)(H2,21,22,23). The third-order valence-electron chi connectivity index (χ3n) is 4.69. The Kier molecular flexibility index (Phi) is 9.91. The molecule has 1 amide bonds. The molecule has 1 atom stereocenters. The average Bonchev–Trinajstić information content (AvgIpc) is 2.57. The SMILES string of the molecule is CCCN1CCC(NC(=NC)NCC(NC(=O)OC(C)(C)C)C(C)C)CC1. The first-order chi connectivity index (χ1) is 12.6. The van der Waals surface area contributed by atoms with Crippen molar-refractivity contribution < 1.29 is 9.53 Å². The molecule has 0 aromatic heterocycles. The number of likely N-dealkylation sites (tertiary alicyclic amines) is 1. The molecule has 1 aliphatic heterocycles. The Morgan fingerprint density at radius 3 is 2.37 bits per heavy atom. The molecule has 1 saturated heterocycles. The maximum Gasteiger partial charge on any atom is 0.407 e. The minimum Gasteiger partial charge on any atom is -0.444 e. The number of rotatable bonds is 7. The van der Waals surface area contributed by atoms with E-state index in [9.17, 15) is 4.79 Å². The lowest BCUT2D eigenvalue weighted by Crippen LogP contribution is -2.53. The van der Waals surface area contributed by atoms with Crippen LogP contribution in [0.3, 0.4) is 0 Å². The fourth-order valence-corrected chi connectivity index (χ4v) is 3.12. The molecule has 0 spiro atoms. The van der Waals surface area contributed by atoms with E-state index in [2.05, 4.69) is 46.6 Å². The lowest BCUT2D eigenvalue weighted by Gasteiger charge is -2.33. The van der Waals surface area contributed by atoms with Gasteiger partial charge in [0.1, 0.15) is 5.60 Å². The van der Waals surface area contributed by atoms with E-state index in [0.717, 1.165) is 31.9 Å². The van der Waals surface area contributed by atoms with Gasteiger partial charge in [-0.15, -0.1) is 0 Å². The highest BCUT2D eigenvalue weighted by molar-refractivity contribution is 5.80. The van der Waals surface area contributed by atoms with Gasteiger partial charge in [0.15, 0.2) is 5.96 Å². The minimum atomic E-state index is -0.497. The molecule has 1 aliphatic rings. The molecule has 1 unspecified atom stereocenters. The first kappa shape index (κ1) is 23.5. The number of hydrogen-bond acceptors (Lipinski definition) is 4. The van der Waals surface area contributed by atoms with Crippen LogP contribution >= 0.6 is 0 Å². The van der Waals surface area contributed by atoms with E-state index in [-0.39, 0.29) is 18.1 Å². The summed E-state index contributed by atoms with van der Waals surface area (Å²) in [5.41, 5.74) is -0.497. The third kappa shape index (κ3) is 9.84. The fraction of sp³-hybridized carbons (Fsp3) is 0.900. The van der Waals surface area contributed by atoms with Gasteiger partial charge >= 0.3 is 6.09 Å². The summed E-state index contributed by atoms with van der Waals surface area (Å²) in [5, 5.41) is 9.84. The van der Waals surface area contributed by atoms with Crippen LogP contribution in [-0.2, 0) is 4.74 Å². The van der Waals surface area contributed by atoms with Gasteiger partial charge in [0, 0.05) is 32.7 Å². The van der Waals surface area contributed by atoms with Crippen molar-refractivity contribution in [2.75, 3.05) is 33.2 Å². The minimum absolute atomic E-state index is 0.0372. The van der Waals surface area contributed by atoms with Crippen molar-refractivity contribution in [3.8, 4) is 0 Å². The summed E-state index contributed by atoms with van der Waals surface area (Å²) in [4.78, 5) is 18.9. The van der Waals surface area contributed by atoms with E-state index in [4.69, 9.17) is 4.74 Å². The molecule has 1 fully saturated rings. The van der Waals surface area contributed by atoms with Crippen molar-refractivity contribution in [2.45, 2.75) is 78.5 Å². The van der Waals surface area contributed by atoms with Gasteiger partial charge in [-0.1, -0.05) is 20.8 Å². The molecule has 158 valence electrons. The molecular formula is C20H41N5O2. The van der Waals surface area contributed by atoms with Crippen molar-refractivity contribution in [1.82, 2.24) is 20.9 Å². The number of ether oxygens (including phenoxy) is 1. The van der Waals surface area contributed by atoms with Crippen molar-refractivity contribution >= 4 is 12.1 Å². The maximum absolute atomic E-state index is 12.1. The van der Waals surface area contributed by atoms with Crippen molar-refractivity contribution in [3.05, 3.63) is 0 Å². The van der Waals surface area contributed by atoms with Crippen LogP contribution in [0.4, 0.5) is 4.79 Å². The molecular weight excluding hydrogens is 342 g/mol. The molecule has 0 radical (unpaired) electrons. The second kappa shape index (κ2) is 11.4. The molecule has 0 bridgehead atoms. The molecule has 1 heterocycles. The second-order valence-electron chi connectivity index (χ2n) is 8.71. The van der Waals surface area contributed by atoms with Gasteiger partial charge in [0.25, 0.3) is 0 Å². The van der Waals surface area contributed by atoms with Gasteiger partial charge in [-0.2, -0.15) is 0 Å². The number of alkyl carbamates (subject to hydrolysis) is 1. The summed E-state index contributed by atoms with van der Waals surface area (Å²) < 4.78 is 5.37. The van der Waals surface area contributed by atoms with E-state index < -0.39 is 5.60 Å². The molecule has 1 rings (SSSR count). The Labute approximate surface area is 165 Å². The van der Waals surface area contributed by atoms with Crippen molar-refractivity contribution in [3.63, 3.8) is 0 Å². The normalized spacial score (nSPS) is 18.3. The Bertz CT molecular complexity index is 465. The van der Waals surface area contributed by atoms with Crippen LogP contribution in [0.25, 0.3) is 0 Å². The zero-order valence-corrected chi connectivity index (χ0v) is 18.4. The summed E-state index contributed by atoms with van der Waals surface area (Å²) in [5.74, 6) is 1.07. The second-order valence-corrected chi connectivity index (χ2v) is 8.71. The van der Waals surface area contributed by atoms with Crippen molar-refractivity contribution in [2.24, 2.45) is 10.9 Å². The lowest BCUT2D eigenvalue weighted by atomic mass is 10.0. The van der Waals surface area contributed by atoms with Crippen LogP contribution in [0.15, 0.2) is 4.99 Å². The van der Waals surface area contributed by atoms with E-state index >= 15 is 0 Å². The Morgan fingerprint density at radius 1 is 1.26 bits per heavy atom. The maximum atomic E-state index is 12.1. The smallest absolute Gasteiger partial charge is 0.407 e. The first-order valence-corrected chi connectivity index (χ1v) is 10.3. The summed E-state index contributed by atoms with van der Waals surface area (Å²) in [6.45, 7) is 16.1. The van der Waals surface area contributed by atoms with Gasteiger partial charge in [0.2, 0.25) is 0 Å². The van der Waals surface area contributed by atoms with Gasteiger partial charge in [-0.05, 0) is 52.5 Å². The van der Waals surface area contributed by atoms with Crippen LogP contribution in [0.1, 0.15) is 60.8 Å². The topological polar surface area (TPSA) is 78.0 Å². The van der Waals surface area contributed by atoms with Gasteiger partial charge in [0.05, 0.1) is 6.04 Å². The number of aliphatic imine (C=N–C) groups is 1. The highest BCUT2D eigenvalue weighted by atomic mass is 16.6. The van der Waals surface area contributed by atoms with Gasteiger partial charge in [-0.3, -0.25) is 4.99 Å². The number of nitrogens with one attached hydrogen (secondary N) is 3. The number of nitrogens with zero attached hydrogens (tertiary/aromatic N) is 2. The average molecular weight is 384 g/mol. The molecule has 0 aliphatic carbocycles. The monoisotopic (exact) mass is 383 g/mol. The van der Waals surface area contributed by atoms with Crippen LogP contribution in [0.5, 0.6) is 0 Å². The van der Waals surface area contributed by atoms with Crippen LogP contribution in [-0.4, -0.2) is 67.9 Å². The van der Waals surface area contributed by atoms with E-state index in [1.165, 1.54) is 13.0 Å². The highest BCUT2D eigenvalue weighted by Gasteiger charge is 2.23. The Morgan fingerprint density at radius 2 is 1.89 bits per heavy atom. The molecule has 0 aromatic carbocycles. The fourth-order valence-electron chi connectivity index (χ4n) is 3.12. The predicted molar refractivity (Wildman–Crippen MR) is 112 cm³/mol. The largest absolute Gasteiger partial charge is 0.444 e. The predicted octanol–water partition coefficient (Wildman–Crippen LogP) is 2.58. The number of carbonyl (C=O) groups excluding carboxylic acids is 1. The summed E-state index contributed by atoms with van der Waals surface area (Å²) in [7, 11) is 1.78. The first-order valence-electron chi connectivity index (χ1n) is 10.3. The van der Waals surface area contributed by atoms with E-state index in [1.807, 2.05) is 20.8 Å². The number of piperidine rings is 1. The Balaban J connectivity index is 2.45. The summed E-state index contributed by atoms with van der Waals surface area (Å²) >= 11 is 0. The van der Waals surface area contributed by atoms with Crippen LogP contribution in [0.2, 0.25) is 0 Å². The number of hydrogen-bond donors (Lipinski definition) is 3. The van der Waals surface area contributed by atoms with Gasteiger partial charge in [-0.25, -0.2) is 4.79 Å². The highest BCUT2D eigenvalue weighted by Crippen LogP contribution is 2.11. The van der Waals surface area contributed by atoms with Crippen LogP contribution in [0, 0.1) is 5.92 Å². The molecule has 3 N–H and O–H groups in total. The molecule has 27 heavy (non-hydrogen) atoms. The van der Waals surface area contributed by atoms with E-state index in [1.54, 1.807) is 7.05 Å². The molecule has 0 aromatic rings. The molecule has 0 saturated carbocycles. The number of amides is 1. The summed E-state index contributed by atoms with van der Waals surface area (Å²) in [6.07, 6.45) is 3.09. The van der Waals surface area contributed by atoms with Gasteiger partial charge < -0.3 is 25.6 Å². The quantitative estimate of drug-likeness (QED) is 0.465. The third-order valence-corrected chi connectivity index (χ3v) is 4.69. The van der Waals surface area contributed by atoms with Crippen LogP contribution < -0.4 is 16.0 Å². The molecule has 7 nitrogen and oxygen atoms in total.